The van der Waals surface area contributed by atoms with Crippen LogP contribution in [0, 0.1) is 6.92 Å². The average molecular weight is 278 g/mol. The van der Waals surface area contributed by atoms with E-state index in [1.807, 2.05) is 37.3 Å². The maximum absolute atomic E-state index is 12.0. The predicted octanol–water partition coefficient (Wildman–Crippen LogP) is 3.83. The molecule has 1 heterocycles. The number of ketones is 1. The van der Waals surface area contributed by atoms with E-state index in [9.17, 15) is 4.79 Å². The zero-order chi connectivity index (χ0) is 14.7. The van der Waals surface area contributed by atoms with Gasteiger partial charge in [-0.25, -0.2) is 4.98 Å². The Morgan fingerprint density at radius 3 is 2.67 bits per heavy atom. The standard InChI is InChI=1S/C18H18N2O/c1-13-6-5-9-19-18(13)20-16-10-15(11-17(21)12-16)14-7-3-2-4-8-14/h2-9,12,15H,10-11H2,1H3,(H,19,20)/t15-/m0/s1. The van der Waals surface area contributed by atoms with Gasteiger partial charge in [0, 0.05) is 24.4 Å². The van der Waals surface area contributed by atoms with E-state index >= 15 is 0 Å². The van der Waals surface area contributed by atoms with Gasteiger partial charge in [0.1, 0.15) is 5.82 Å². The monoisotopic (exact) mass is 278 g/mol. The highest BCUT2D eigenvalue weighted by Crippen LogP contribution is 2.31. The van der Waals surface area contributed by atoms with Crippen LogP contribution in [0.5, 0.6) is 0 Å². The van der Waals surface area contributed by atoms with Crippen LogP contribution in [0.4, 0.5) is 5.82 Å². The van der Waals surface area contributed by atoms with Crippen molar-refractivity contribution in [3.05, 3.63) is 71.6 Å². The molecule has 3 heteroatoms. The molecule has 0 spiro atoms. The highest BCUT2D eigenvalue weighted by molar-refractivity contribution is 5.92. The minimum atomic E-state index is 0.172. The topological polar surface area (TPSA) is 42.0 Å². The molecule has 0 amide bonds. The first-order valence-electron chi connectivity index (χ1n) is 7.19. The van der Waals surface area contributed by atoms with Crippen LogP contribution in [0.25, 0.3) is 0 Å². The van der Waals surface area contributed by atoms with E-state index in [1.54, 1.807) is 12.3 Å². The molecule has 0 aliphatic heterocycles. The first-order chi connectivity index (χ1) is 10.2. The molecule has 0 bridgehead atoms. The van der Waals surface area contributed by atoms with Gasteiger partial charge in [-0.05, 0) is 36.5 Å². The molecule has 1 aromatic heterocycles. The number of nitrogens with one attached hydrogen (secondary N) is 1. The van der Waals surface area contributed by atoms with E-state index in [4.69, 9.17) is 0 Å². The van der Waals surface area contributed by atoms with Crippen molar-refractivity contribution in [2.45, 2.75) is 25.7 Å². The molecule has 1 atom stereocenters. The number of hydrogen-bond acceptors (Lipinski definition) is 3. The zero-order valence-corrected chi connectivity index (χ0v) is 12.0. The molecule has 1 aliphatic carbocycles. The van der Waals surface area contributed by atoms with Gasteiger partial charge >= 0.3 is 0 Å². The maximum Gasteiger partial charge on any atom is 0.158 e. The van der Waals surface area contributed by atoms with Crippen LogP contribution in [0.15, 0.2) is 60.4 Å². The van der Waals surface area contributed by atoms with Crippen molar-refractivity contribution in [3.8, 4) is 0 Å². The molecule has 21 heavy (non-hydrogen) atoms. The van der Waals surface area contributed by atoms with Crippen molar-refractivity contribution in [2.75, 3.05) is 5.32 Å². The van der Waals surface area contributed by atoms with Crippen molar-refractivity contribution in [1.29, 1.82) is 0 Å². The van der Waals surface area contributed by atoms with Crippen molar-refractivity contribution >= 4 is 11.6 Å². The number of anilines is 1. The minimum Gasteiger partial charge on any atom is -0.343 e. The van der Waals surface area contributed by atoms with Crippen LogP contribution in [0.2, 0.25) is 0 Å². The average Bonchev–Trinajstić information content (AvgIpc) is 2.50. The first kappa shape index (κ1) is 13.6. The predicted molar refractivity (Wildman–Crippen MR) is 84.1 cm³/mol. The Bertz CT molecular complexity index is 677. The van der Waals surface area contributed by atoms with Gasteiger partial charge in [-0.3, -0.25) is 4.79 Å². The molecule has 3 rings (SSSR count). The zero-order valence-electron chi connectivity index (χ0n) is 12.0. The van der Waals surface area contributed by atoms with Crippen LogP contribution >= 0.6 is 0 Å². The summed E-state index contributed by atoms with van der Waals surface area (Å²) in [5.41, 5.74) is 3.24. The maximum atomic E-state index is 12.0. The summed E-state index contributed by atoms with van der Waals surface area (Å²) in [7, 11) is 0. The van der Waals surface area contributed by atoms with Crippen LogP contribution in [0.1, 0.15) is 29.9 Å². The molecule has 106 valence electrons. The number of aromatic nitrogens is 1. The molecular weight excluding hydrogens is 260 g/mol. The van der Waals surface area contributed by atoms with Gasteiger partial charge < -0.3 is 5.32 Å². The summed E-state index contributed by atoms with van der Waals surface area (Å²) in [6.07, 6.45) is 4.89. The van der Waals surface area contributed by atoms with Crippen LogP contribution in [0.3, 0.4) is 0 Å². The fraction of sp³-hybridized carbons (Fsp3) is 0.222. The fourth-order valence-electron chi connectivity index (χ4n) is 2.71. The largest absolute Gasteiger partial charge is 0.343 e. The number of hydrogen-bond donors (Lipinski definition) is 1. The summed E-state index contributed by atoms with van der Waals surface area (Å²) in [6, 6.07) is 14.1. The van der Waals surface area contributed by atoms with Crippen LogP contribution in [-0.2, 0) is 4.79 Å². The lowest BCUT2D eigenvalue weighted by Gasteiger charge is -2.23. The molecule has 0 saturated carbocycles. The van der Waals surface area contributed by atoms with Gasteiger partial charge in [0.15, 0.2) is 5.78 Å². The van der Waals surface area contributed by atoms with Gasteiger partial charge in [0.2, 0.25) is 0 Å². The SMILES string of the molecule is Cc1cccnc1NC1=CC(=O)C[C@@H](c2ccccc2)C1. The molecule has 0 fully saturated rings. The molecule has 0 unspecified atom stereocenters. The lowest BCUT2D eigenvalue weighted by Crippen LogP contribution is -2.17. The van der Waals surface area contributed by atoms with Crippen LogP contribution < -0.4 is 5.32 Å². The Kier molecular flexibility index (Phi) is 3.82. The summed E-state index contributed by atoms with van der Waals surface area (Å²) in [5.74, 6) is 1.24. The highest BCUT2D eigenvalue weighted by Gasteiger charge is 2.22. The summed E-state index contributed by atoms with van der Waals surface area (Å²) < 4.78 is 0. The molecule has 1 aromatic carbocycles. The van der Waals surface area contributed by atoms with Crippen LogP contribution in [-0.4, -0.2) is 10.8 Å². The van der Waals surface area contributed by atoms with Gasteiger partial charge in [-0.15, -0.1) is 0 Å². The summed E-state index contributed by atoms with van der Waals surface area (Å²) >= 11 is 0. The molecule has 1 aliphatic rings. The van der Waals surface area contributed by atoms with Crippen molar-refractivity contribution < 1.29 is 4.79 Å². The Balaban J connectivity index is 1.80. The number of pyridine rings is 1. The number of benzene rings is 1. The fourth-order valence-corrected chi connectivity index (χ4v) is 2.71. The Labute approximate surface area is 124 Å². The second-order valence-electron chi connectivity index (χ2n) is 5.45. The minimum absolute atomic E-state index is 0.172. The van der Waals surface area contributed by atoms with E-state index < -0.39 is 0 Å². The van der Waals surface area contributed by atoms with Crippen molar-refractivity contribution in [3.63, 3.8) is 0 Å². The van der Waals surface area contributed by atoms with Gasteiger partial charge in [-0.2, -0.15) is 0 Å². The normalized spacial score (nSPS) is 18.2. The van der Waals surface area contributed by atoms with E-state index in [2.05, 4.69) is 22.4 Å². The second kappa shape index (κ2) is 5.92. The molecule has 0 saturated heterocycles. The smallest absolute Gasteiger partial charge is 0.158 e. The third-order valence-electron chi connectivity index (χ3n) is 3.81. The number of rotatable bonds is 3. The molecular formula is C18H18N2O. The molecule has 2 aromatic rings. The van der Waals surface area contributed by atoms with Gasteiger partial charge in [0.05, 0.1) is 0 Å². The third-order valence-corrected chi connectivity index (χ3v) is 3.81. The number of aryl methyl sites for hydroxylation is 1. The molecule has 3 nitrogen and oxygen atoms in total. The van der Waals surface area contributed by atoms with E-state index in [0.717, 1.165) is 23.5 Å². The number of nitrogens with zero attached hydrogens (tertiary/aromatic N) is 1. The lowest BCUT2D eigenvalue weighted by atomic mass is 9.85. The van der Waals surface area contributed by atoms with E-state index in [1.165, 1.54) is 5.56 Å². The van der Waals surface area contributed by atoms with Gasteiger partial charge in [-0.1, -0.05) is 36.4 Å². The Hall–Kier alpha value is -2.42. The third kappa shape index (κ3) is 3.19. The highest BCUT2D eigenvalue weighted by atomic mass is 16.1. The number of allylic oxidation sites excluding steroid dienone is 2. The number of carbonyl (C=O) groups excluding carboxylic acids is 1. The van der Waals surface area contributed by atoms with Gasteiger partial charge in [0.25, 0.3) is 0 Å². The van der Waals surface area contributed by atoms with E-state index in [-0.39, 0.29) is 11.7 Å². The number of carbonyl (C=O) groups is 1. The van der Waals surface area contributed by atoms with E-state index in [0.29, 0.717) is 6.42 Å². The summed E-state index contributed by atoms with van der Waals surface area (Å²) in [5, 5.41) is 3.31. The van der Waals surface area contributed by atoms with Crippen molar-refractivity contribution in [1.82, 2.24) is 4.98 Å². The Morgan fingerprint density at radius 1 is 1.10 bits per heavy atom. The first-order valence-corrected chi connectivity index (χ1v) is 7.19. The quantitative estimate of drug-likeness (QED) is 0.927. The lowest BCUT2D eigenvalue weighted by molar-refractivity contribution is -0.115. The molecule has 0 radical (unpaired) electrons. The second-order valence-corrected chi connectivity index (χ2v) is 5.45. The Morgan fingerprint density at radius 2 is 1.90 bits per heavy atom. The summed E-state index contributed by atoms with van der Waals surface area (Å²) in [4.78, 5) is 16.3. The summed E-state index contributed by atoms with van der Waals surface area (Å²) in [6.45, 7) is 2.01. The van der Waals surface area contributed by atoms with Crippen molar-refractivity contribution in [2.24, 2.45) is 0 Å². The molecule has 1 N–H and O–H groups in total.